The maximum Gasteiger partial charge on any atom is 0.229 e. The van der Waals surface area contributed by atoms with E-state index in [9.17, 15) is 9.59 Å². The van der Waals surface area contributed by atoms with E-state index < -0.39 is 6.29 Å². The molecule has 1 aliphatic heterocycles. The maximum absolute atomic E-state index is 12.7. The Labute approximate surface area is 170 Å². The molecule has 2 saturated carbocycles. The van der Waals surface area contributed by atoms with Crippen molar-refractivity contribution in [2.24, 2.45) is 5.92 Å². The summed E-state index contributed by atoms with van der Waals surface area (Å²) >= 11 is 0. The van der Waals surface area contributed by atoms with Gasteiger partial charge < -0.3 is 10.6 Å². The second-order valence-electron chi connectivity index (χ2n) is 8.61. The van der Waals surface area contributed by atoms with Gasteiger partial charge in [-0.1, -0.05) is 36.2 Å². The molecule has 3 fully saturated rings. The number of fused-ring (bicyclic) bond motifs is 1. The van der Waals surface area contributed by atoms with Crippen LogP contribution in [0.5, 0.6) is 0 Å². The maximum atomic E-state index is 12.7. The molecule has 1 aromatic heterocycles. The van der Waals surface area contributed by atoms with E-state index in [0.29, 0.717) is 18.2 Å². The van der Waals surface area contributed by atoms with E-state index in [1.807, 2.05) is 37.3 Å². The Morgan fingerprint density at radius 2 is 2.10 bits per heavy atom. The largest absolute Gasteiger partial charge is 0.322 e. The minimum absolute atomic E-state index is 0.0454. The Kier molecular flexibility index (Phi) is 4.62. The number of nitrogens with zero attached hydrogens (tertiary/aromatic N) is 2. The summed E-state index contributed by atoms with van der Waals surface area (Å²) in [6.45, 7) is 2.02. The first-order valence-electron chi connectivity index (χ1n) is 10.6. The van der Waals surface area contributed by atoms with E-state index >= 15 is 0 Å². The number of benzene rings is 1. The topological polar surface area (TPSA) is 88.1 Å². The Morgan fingerprint density at radius 3 is 2.90 bits per heavy atom. The zero-order valence-electron chi connectivity index (χ0n) is 16.6. The van der Waals surface area contributed by atoms with Crippen molar-refractivity contribution in [2.75, 3.05) is 5.32 Å². The van der Waals surface area contributed by atoms with E-state index in [0.717, 1.165) is 48.9 Å². The van der Waals surface area contributed by atoms with Gasteiger partial charge in [-0.05, 0) is 38.2 Å². The Bertz CT molecular complexity index is 948. The average Bonchev–Trinajstić information content (AvgIpc) is 3.26. The van der Waals surface area contributed by atoms with E-state index in [2.05, 4.69) is 16.0 Å². The van der Waals surface area contributed by atoms with E-state index in [4.69, 9.17) is 5.10 Å². The van der Waals surface area contributed by atoms with Crippen molar-refractivity contribution in [1.82, 2.24) is 20.4 Å². The summed E-state index contributed by atoms with van der Waals surface area (Å²) in [6, 6.07) is 10.1. The van der Waals surface area contributed by atoms with Crippen LogP contribution in [0.4, 0.5) is 5.82 Å². The SMILES string of the molecule is Cc1cccc(CC(=O)Nc2cc(C3CC3)nn2C2NC(=O)C3CCCC3N2)c1. The van der Waals surface area contributed by atoms with Gasteiger partial charge in [-0.3, -0.25) is 14.9 Å². The van der Waals surface area contributed by atoms with Crippen LogP contribution in [-0.2, 0) is 16.0 Å². The molecule has 2 heterocycles. The molecule has 5 rings (SSSR count). The number of rotatable bonds is 5. The third kappa shape index (κ3) is 3.79. The molecule has 2 aliphatic carbocycles. The monoisotopic (exact) mass is 393 g/mol. The van der Waals surface area contributed by atoms with E-state index in [1.165, 1.54) is 0 Å². The number of carbonyl (C=O) groups excluding carboxylic acids is 2. The van der Waals surface area contributed by atoms with Crippen LogP contribution in [-0.4, -0.2) is 27.6 Å². The molecule has 0 radical (unpaired) electrons. The number of hydrogen-bond donors (Lipinski definition) is 3. The molecule has 3 unspecified atom stereocenters. The van der Waals surface area contributed by atoms with Crippen LogP contribution >= 0.6 is 0 Å². The number of anilines is 1. The molecule has 2 aromatic rings. The summed E-state index contributed by atoms with van der Waals surface area (Å²) in [5, 5.41) is 14.3. The van der Waals surface area contributed by atoms with Crippen molar-refractivity contribution >= 4 is 17.6 Å². The van der Waals surface area contributed by atoms with Crippen LogP contribution in [0.15, 0.2) is 30.3 Å². The van der Waals surface area contributed by atoms with Gasteiger partial charge in [0.1, 0.15) is 5.82 Å². The number of aromatic nitrogens is 2. The normalized spacial score (nSPS) is 26.1. The molecule has 0 bridgehead atoms. The molecular formula is C22H27N5O2. The number of nitrogens with one attached hydrogen (secondary N) is 3. The molecule has 2 amide bonds. The van der Waals surface area contributed by atoms with Crippen molar-refractivity contribution in [3.63, 3.8) is 0 Å². The number of aryl methyl sites for hydroxylation is 1. The van der Waals surface area contributed by atoms with Crippen molar-refractivity contribution in [3.8, 4) is 0 Å². The van der Waals surface area contributed by atoms with Gasteiger partial charge in [-0.2, -0.15) is 5.10 Å². The van der Waals surface area contributed by atoms with Crippen molar-refractivity contribution in [3.05, 3.63) is 47.2 Å². The second kappa shape index (κ2) is 7.30. The summed E-state index contributed by atoms with van der Waals surface area (Å²) in [5.41, 5.74) is 3.10. The summed E-state index contributed by atoms with van der Waals surface area (Å²) in [5.74, 6) is 1.14. The fourth-order valence-corrected chi connectivity index (χ4v) is 4.57. The Balaban J connectivity index is 1.36. The van der Waals surface area contributed by atoms with Gasteiger partial charge >= 0.3 is 0 Å². The van der Waals surface area contributed by atoms with Crippen molar-refractivity contribution in [1.29, 1.82) is 0 Å². The first kappa shape index (κ1) is 18.4. The molecule has 7 heteroatoms. The first-order valence-corrected chi connectivity index (χ1v) is 10.6. The minimum atomic E-state index is -0.427. The highest BCUT2D eigenvalue weighted by Gasteiger charge is 2.40. The van der Waals surface area contributed by atoms with E-state index in [1.54, 1.807) is 4.68 Å². The second-order valence-corrected chi connectivity index (χ2v) is 8.61. The summed E-state index contributed by atoms with van der Waals surface area (Å²) in [6.07, 6.45) is 5.13. The molecular weight excluding hydrogens is 366 g/mol. The van der Waals surface area contributed by atoms with Gasteiger partial charge in [0.25, 0.3) is 0 Å². The van der Waals surface area contributed by atoms with Gasteiger partial charge in [0.05, 0.1) is 18.0 Å². The van der Waals surface area contributed by atoms with Crippen molar-refractivity contribution in [2.45, 2.75) is 63.7 Å². The van der Waals surface area contributed by atoms with Crippen LogP contribution in [0.2, 0.25) is 0 Å². The molecule has 3 N–H and O–H groups in total. The smallest absolute Gasteiger partial charge is 0.229 e. The number of carbonyl (C=O) groups is 2. The van der Waals surface area contributed by atoms with E-state index in [-0.39, 0.29) is 23.8 Å². The fraction of sp³-hybridized carbons (Fsp3) is 0.500. The highest BCUT2D eigenvalue weighted by Crippen LogP contribution is 2.40. The van der Waals surface area contributed by atoms with Crippen LogP contribution in [0.3, 0.4) is 0 Å². The van der Waals surface area contributed by atoms with Gasteiger partial charge in [0.15, 0.2) is 6.29 Å². The summed E-state index contributed by atoms with van der Waals surface area (Å²) < 4.78 is 1.74. The van der Waals surface area contributed by atoms with Crippen LogP contribution in [0, 0.1) is 12.8 Å². The fourth-order valence-electron chi connectivity index (χ4n) is 4.57. The summed E-state index contributed by atoms with van der Waals surface area (Å²) in [4.78, 5) is 25.2. The predicted molar refractivity (Wildman–Crippen MR) is 109 cm³/mol. The number of hydrogen-bond acceptors (Lipinski definition) is 4. The zero-order chi connectivity index (χ0) is 20.0. The lowest BCUT2D eigenvalue weighted by molar-refractivity contribution is -0.130. The molecule has 3 atom stereocenters. The molecule has 1 saturated heterocycles. The molecule has 29 heavy (non-hydrogen) atoms. The third-order valence-electron chi connectivity index (χ3n) is 6.21. The average molecular weight is 393 g/mol. The lowest BCUT2D eigenvalue weighted by Crippen LogP contribution is -2.57. The van der Waals surface area contributed by atoms with Crippen LogP contribution in [0.1, 0.15) is 61.1 Å². The minimum Gasteiger partial charge on any atom is -0.322 e. The highest BCUT2D eigenvalue weighted by atomic mass is 16.2. The molecule has 1 aromatic carbocycles. The highest BCUT2D eigenvalue weighted by molar-refractivity contribution is 5.91. The summed E-state index contributed by atoms with van der Waals surface area (Å²) in [7, 11) is 0. The number of amides is 2. The Morgan fingerprint density at radius 1 is 1.24 bits per heavy atom. The lowest BCUT2D eigenvalue weighted by atomic mass is 10.0. The molecule has 152 valence electrons. The van der Waals surface area contributed by atoms with Crippen LogP contribution in [0.25, 0.3) is 0 Å². The van der Waals surface area contributed by atoms with Gasteiger partial charge in [0, 0.05) is 18.0 Å². The lowest BCUT2D eigenvalue weighted by Gasteiger charge is -2.34. The zero-order valence-corrected chi connectivity index (χ0v) is 16.6. The first-order chi connectivity index (χ1) is 14.1. The van der Waals surface area contributed by atoms with Gasteiger partial charge in [-0.15, -0.1) is 0 Å². The van der Waals surface area contributed by atoms with Crippen molar-refractivity contribution < 1.29 is 9.59 Å². The molecule has 7 nitrogen and oxygen atoms in total. The molecule has 0 spiro atoms. The quantitative estimate of drug-likeness (QED) is 0.729. The Hall–Kier alpha value is -2.67. The van der Waals surface area contributed by atoms with Crippen LogP contribution < -0.4 is 16.0 Å². The third-order valence-corrected chi connectivity index (χ3v) is 6.21. The van der Waals surface area contributed by atoms with Gasteiger partial charge in [-0.25, -0.2) is 4.68 Å². The predicted octanol–water partition coefficient (Wildman–Crippen LogP) is 2.59. The molecule has 3 aliphatic rings. The standard InChI is InChI=1S/C22H27N5O2/c1-13-4-2-5-14(10-13)11-20(28)24-19-12-18(15-8-9-15)26-27(19)22-23-17-7-3-6-16(17)21(29)25-22/h2,4-5,10,12,15-17,22-23H,3,6-9,11H2,1H3,(H,24,28)(H,25,29). The van der Waals surface area contributed by atoms with Gasteiger partial charge in [0.2, 0.25) is 11.8 Å².